The van der Waals surface area contributed by atoms with Crippen LogP contribution < -0.4 is 16.0 Å². The van der Waals surface area contributed by atoms with Gasteiger partial charge in [0, 0.05) is 58.3 Å². The van der Waals surface area contributed by atoms with Crippen LogP contribution in [0.2, 0.25) is 0 Å². The lowest BCUT2D eigenvalue weighted by molar-refractivity contribution is -0.162. The maximum atomic E-state index is 13.1. The zero-order chi connectivity index (χ0) is 30.7. The summed E-state index contributed by atoms with van der Waals surface area (Å²) >= 11 is 1.32. The lowest BCUT2D eigenvalue weighted by Crippen LogP contribution is -2.49. The standard InChI is InChI=1S/C27H46N4O9S/c1-8-18-13-19(38-26(36)30-18)16(2)24-27(4,40-24)20(14-21(32)28-5)39-25(35)17(3)31(6)23(34)9-12-41-15-22(33)29-10-11-37-7/h16-20,24H,8-15H2,1-7H3,(H,28,32)(H,29,33)(H,30,36)/t16?,17?,18-,19?,20?,24?,27?/m0/s1. The van der Waals surface area contributed by atoms with Crippen LogP contribution in [0.15, 0.2) is 0 Å². The van der Waals surface area contributed by atoms with E-state index in [1.165, 1.54) is 30.8 Å². The second-order valence-electron chi connectivity index (χ2n) is 10.6. The Kier molecular flexibility index (Phi) is 13.6. The van der Waals surface area contributed by atoms with Gasteiger partial charge in [-0.15, -0.1) is 0 Å². The molecule has 0 aliphatic carbocycles. The van der Waals surface area contributed by atoms with Crippen molar-refractivity contribution in [3.05, 3.63) is 0 Å². The van der Waals surface area contributed by atoms with Crippen LogP contribution in [0, 0.1) is 5.92 Å². The van der Waals surface area contributed by atoms with Gasteiger partial charge < -0.3 is 39.8 Å². The molecule has 4 amide bonds. The van der Waals surface area contributed by atoms with Crippen LogP contribution in [0.1, 0.15) is 53.4 Å². The molecule has 13 nitrogen and oxygen atoms in total. The Morgan fingerprint density at radius 2 is 1.95 bits per heavy atom. The molecule has 2 rings (SSSR count). The average Bonchev–Trinajstić information content (AvgIpc) is 3.65. The molecule has 0 saturated carbocycles. The van der Waals surface area contributed by atoms with Gasteiger partial charge in [0.1, 0.15) is 23.9 Å². The lowest BCUT2D eigenvalue weighted by atomic mass is 9.85. The van der Waals surface area contributed by atoms with Gasteiger partial charge in [-0.3, -0.25) is 14.4 Å². The normalized spacial score (nSPS) is 25.5. The number of hydrogen-bond acceptors (Lipinski definition) is 10. The summed E-state index contributed by atoms with van der Waals surface area (Å²) in [4.78, 5) is 63.3. The highest BCUT2D eigenvalue weighted by Gasteiger charge is 2.63. The topological polar surface area (TPSA) is 165 Å². The van der Waals surface area contributed by atoms with Gasteiger partial charge in [-0.1, -0.05) is 13.8 Å². The summed E-state index contributed by atoms with van der Waals surface area (Å²) in [5.74, 6) is -0.983. The highest BCUT2D eigenvalue weighted by atomic mass is 32.2. The number of epoxide rings is 1. The van der Waals surface area contributed by atoms with Gasteiger partial charge >= 0.3 is 12.1 Å². The molecule has 0 bridgehead atoms. The van der Waals surface area contributed by atoms with Crippen LogP contribution in [0.3, 0.4) is 0 Å². The molecule has 0 spiro atoms. The SMILES string of the molecule is CC[C@H]1CC(C(C)C2OC2(C)C(CC(=O)NC)OC(=O)C(C)N(C)C(=O)CCSCC(=O)NCCOC)OC(=O)N1. The van der Waals surface area contributed by atoms with Gasteiger partial charge in [-0.25, -0.2) is 9.59 Å². The third-order valence-corrected chi connectivity index (χ3v) is 8.69. The van der Waals surface area contributed by atoms with E-state index in [1.54, 1.807) is 21.0 Å². The fourth-order valence-corrected chi connectivity index (χ4v) is 5.48. The number of nitrogens with one attached hydrogen (secondary N) is 3. The van der Waals surface area contributed by atoms with Crippen LogP contribution in [-0.2, 0) is 38.1 Å². The number of carbonyl (C=O) groups is 5. The van der Waals surface area contributed by atoms with Crippen molar-refractivity contribution in [2.24, 2.45) is 5.92 Å². The Balaban J connectivity index is 1.94. The monoisotopic (exact) mass is 602 g/mol. The van der Waals surface area contributed by atoms with E-state index in [2.05, 4.69) is 16.0 Å². The molecule has 234 valence electrons. The first-order valence-corrected chi connectivity index (χ1v) is 15.2. The van der Waals surface area contributed by atoms with Crippen molar-refractivity contribution >= 4 is 41.5 Å². The number of esters is 1. The van der Waals surface area contributed by atoms with Crippen molar-refractivity contribution in [3.8, 4) is 0 Å². The number of rotatable bonds is 17. The Labute approximate surface area is 246 Å². The molecule has 14 heteroatoms. The summed E-state index contributed by atoms with van der Waals surface area (Å²) in [5.41, 5.74) is -0.969. The van der Waals surface area contributed by atoms with E-state index >= 15 is 0 Å². The molecule has 41 heavy (non-hydrogen) atoms. The van der Waals surface area contributed by atoms with Crippen LogP contribution in [0.5, 0.6) is 0 Å². The zero-order valence-electron chi connectivity index (χ0n) is 25.2. The Morgan fingerprint density at radius 1 is 1.24 bits per heavy atom. The molecule has 2 aliphatic heterocycles. The van der Waals surface area contributed by atoms with E-state index in [-0.39, 0.29) is 54.4 Å². The first-order valence-electron chi connectivity index (χ1n) is 14.0. The van der Waals surface area contributed by atoms with Gasteiger partial charge in [-0.2, -0.15) is 11.8 Å². The minimum Gasteiger partial charge on any atom is -0.457 e. The van der Waals surface area contributed by atoms with Crippen LogP contribution >= 0.6 is 11.8 Å². The van der Waals surface area contributed by atoms with Gasteiger partial charge in [0.25, 0.3) is 0 Å². The van der Waals surface area contributed by atoms with Crippen molar-refractivity contribution in [3.63, 3.8) is 0 Å². The van der Waals surface area contributed by atoms with E-state index in [9.17, 15) is 24.0 Å². The number of thioether (sulfide) groups is 1. The average molecular weight is 603 g/mol. The molecule has 0 aromatic carbocycles. The maximum absolute atomic E-state index is 13.1. The summed E-state index contributed by atoms with van der Waals surface area (Å²) in [6, 6.07) is -0.912. The number of amides is 4. The molecule has 3 N–H and O–H groups in total. The molecule has 2 saturated heterocycles. The highest BCUT2D eigenvalue weighted by Crippen LogP contribution is 2.48. The molecule has 2 fully saturated rings. The number of methoxy groups -OCH3 is 1. The van der Waals surface area contributed by atoms with Gasteiger partial charge in [-0.05, 0) is 20.3 Å². The van der Waals surface area contributed by atoms with Gasteiger partial charge in [0.05, 0.1) is 24.9 Å². The molecule has 0 radical (unpaired) electrons. The third kappa shape index (κ3) is 10.0. The predicted molar refractivity (Wildman–Crippen MR) is 152 cm³/mol. The minimum atomic E-state index is -0.969. The number of likely N-dealkylation sites (N-methyl/N-ethyl adjacent to an activating group) is 1. The van der Waals surface area contributed by atoms with E-state index in [4.69, 9.17) is 18.9 Å². The second-order valence-corrected chi connectivity index (χ2v) is 11.7. The second kappa shape index (κ2) is 16.2. The molecular weight excluding hydrogens is 556 g/mol. The number of cyclic esters (lactones) is 1. The number of hydrogen-bond donors (Lipinski definition) is 3. The van der Waals surface area contributed by atoms with E-state index in [0.29, 0.717) is 25.3 Å². The quantitative estimate of drug-likeness (QED) is 0.123. The molecule has 2 aliphatic rings. The van der Waals surface area contributed by atoms with Crippen LogP contribution in [-0.4, -0.2) is 117 Å². The molecule has 6 unspecified atom stereocenters. The van der Waals surface area contributed by atoms with Gasteiger partial charge in [0.2, 0.25) is 17.7 Å². The molecule has 7 atom stereocenters. The van der Waals surface area contributed by atoms with E-state index in [0.717, 1.165) is 6.42 Å². The highest BCUT2D eigenvalue weighted by molar-refractivity contribution is 7.99. The fourth-order valence-electron chi connectivity index (χ4n) is 4.73. The first kappa shape index (κ1) is 34.6. The summed E-state index contributed by atoms with van der Waals surface area (Å²) in [7, 11) is 4.56. The Hall–Kier alpha value is -2.58. The summed E-state index contributed by atoms with van der Waals surface area (Å²) in [6.45, 7) is 8.09. The summed E-state index contributed by atoms with van der Waals surface area (Å²) in [6.07, 6.45) is -0.768. The lowest BCUT2D eigenvalue weighted by Gasteiger charge is -2.33. The zero-order valence-corrected chi connectivity index (χ0v) is 26.0. The minimum absolute atomic E-state index is 0.00132. The number of nitrogens with zero attached hydrogens (tertiary/aromatic N) is 1. The van der Waals surface area contributed by atoms with Gasteiger partial charge in [0.15, 0.2) is 0 Å². The maximum Gasteiger partial charge on any atom is 0.407 e. The van der Waals surface area contributed by atoms with Crippen molar-refractivity contribution in [1.82, 2.24) is 20.9 Å². The number of ether oxygens (including phenoxy) is 4. The summed E-state index contributed by atoms with van der Waals surface area (Å²) < 4.78 is 22.3. The van der Waals surface area contributed by atoms with E-state index in [1.807, 2.05) is 13.8 Å². The van der Waals surface area contributed by atoms with Crippen molar-refractivity contribution in [2.75, 3.05) is 45.9 Å². The van der Waals surface area contributed by atoms with Crippen LogP contribution in [0.25, 0.3) is 0 Å². The smallest absolute Gasteiger partial charge is 0.407 e. The van der Waals surface area contributed by atoms with E-state index < -0.39 is 35.9 Å². The van der Waals surface area contributed by atoms with Crippen molar-refractivity contribution in [1.29, 1.82) is 0 Å². The predicted octanol–water partition coefficient (Wildman–Crippen LogP) is 0.838. The molecular formula is C27H46N4O9S. The van der Waals surface area contributed by atoms with Crippen LogP contribution in [0.4, 0.5) is 4.79 Å². The number of alkyl carbamates (subject to hydrolysis) is 1. The molecule has 0 aromatic heterocycles. The van der Waals surface area contributed by atoms with Crippen molar-refractivity contribution < 1.29 is 42.9 Å². The number of carbonyl (C=O) groups excluding carboxylic acids is 5. The Morgan fingerprint density at radius 3 is 2.59 bits per heavy atom. The summed E-state index contributed by atoms with van der Waals surface area (Å²) in [5, 5.41) is 8.06. The first-order chi connectivity index (χ1) is 19.4. The van der Waals surface area contributed by atoms with Crippen molar-refractivity contribution in [2.45, 2.75) is 89.4 Å². The Bertz CT molecular complexity index is 938. The molecule has 0 aromatic rings. The third-order valence-electron chi connectivity index (χ3n) is 7.73. The molecule has 2 heterocycles. The fraction of sp³-hybridized carbons (Fsp3) is 0.815. The largest absolute Gasteiger partial charge is 0.457 e.